The average molecular weight is 210 g/mol. The van der Waals surface area contributed by atoms with E-state index < -0.39 is 0 Å². The van der Waals surface area contributed by atoms with Crippen LogP contribution in [0.5, 0.6) is 0 Å². The maximum Gasteiger partial charge on any atom is 0.0621 e. The summed E-state index contributed by atoms with van der Waals surface area (Å²) >= 11 is 0. The van der Waals surface area contributed by atoms with Crippen LogP contribution in [0.25, 0.3) is 0 Å². The van der Waals surface area contributed by atoms with E-state index in [2.05, 4.69) is 11.4 Å². The average Bonchev–Trinajstić information content (AvgIpc) is 2.73. The van der Waals surface area contributed by atoms with Gasteiger partial charge >= 0.3 is 0 Å². The second-order valence-corrected chi connectivity index (χ2v) is 4.66. The van der Waals surface area contributed by atoms with Crippen LogP contribution in [0.3, 0.4) is 0 Å². The van der Waals surface area contributed by atoms with Crippen LogP contribution < -0.4 is 5.32 Å². The summed E-state index contributed by atoms with van der Waals surface area (Å²) in [4.78, 5) is 0. The second-order valence-electron chi connectivity index (χ2n) is 4.66. The molecule has 2 N–H and O–H groups in total. The molecule has 1 aliphatic carbocycles. The van der Waals surface area contributed by atoms with Gasteiger partial charge < -0.3 is 10.4 Å². The third-order valence-electron chi connectivity index (χ3n) is 3.39. The van der Waals surface area contributed by atoms with Crippen molar-refractivity contribution in [2.75, 3.05) is 19.7 Å². The Kier molecular flexibility index (Phi) is 5.67. The molecule has 0 saturated heterocycles. The monoisotopic (exact) mass is 210 g/mol. The molecule has 0 heterocycles. The minimum atomic E-state index is 0.162. The molecule has 1 rings (SSSR count). The van der Waals surface area contributed by atoms with Gasteiger partial charge in [-0.1, -0.05) is 12.8 Å². The van der Waals surface area contributed by atoms with Crippen LogP contribution in [0.15, 0.2) is 0 Å². The summed E-state index contributed by atoms with van der Waals surface area (Å²) in [7, 11) is 0. The van der Waals surface area contributed by atoms with Gasteiger partial charge in [-0.15, -0.1) is 0 Å². The molecule has 0 unspecified atom stereocenters. The quantitative estimate of drug-likeness (QED) is 0.630. The van der Waals surface area contributed by atoms with Crippen molar-refractivity contribution in [2.24, 2.45) is 5.41 Å². The number of aliphatic hydroxyl groups excluding tert-OH is 1. The van der Waals surface area contributed by atoms with Gasteiger partial charge in [-0.25, -0.2) is 0 Å². The highest BCUT2D eigenvalue weighted by Crippen LogP contribution is 2.36. The molecule has 3 nitrogen and oxygen atoms in total. The number of nitrogens with zero attached hydrogens (tertiary/aromatic N) is 1. The number of nitrogens with one attached hydrogen (secondary N) is 1. The zero-order chi connectivity index (χ0) is 11.0. The predicted molar refractivity (Wildman–Crippen MR) is 60.3 cm³/mol. The van der Waals surface area contributed by atoms with Crippen LogP contribution in [0.4, 0.5) is 0 Å². The molecule has 0 aliphatic heterocycles. The van der Waals surface area contributed by atoms with Crippen molar-refractivity contribution in [3.8, 4) is 6.07 Å². The van der Waals surface area contributed by atoms with Crippen LogP contribution in [0, 0.1) is 16.7 Å². The number of aliphatic hydroxyl groups is 1. The topological polar surface area (TPSA) is 56.0 Å². The molecule has 0 atom stereocenters. The lowest BCUT2D eigenvalue weighted by atomic mass is 9.87. The minimum absolute atomic E-state index is 0.162. The smallest absolute Gasteiger partial charge is 0.0621 e. The fourth-order valence-corrected chi connectivity index (χ4v) is 2.32. The van der Waals surface area contributed by atoms with Crippen LogP contribution in [0.1, 0.15) is 44.9 Å². The molecule has 86 valence electrons. The third-order valence-corrected chi connectivity index (χ3v) is 3.39. The number of nitriles is 1. The van der Waals surface area contributed by atoms with E-state index in [1.807, 2.05) is 0 Å². The molecule has 15 heavy (non-hydrogen) atoms. The molecule has 0 aromatic carbocycles. The van der Waals surface area contributed by atoms with Crippen molar-refractivity contribution < 1.29 is 5.11 Å². The fraction of sp³-hybridized carbons (Fsp3) is 0.917. The molecule has 0 bridgehead atoms. The lowest BCUT2D eigenvalue weighted by Gasteiger charge is -2.26. The first kappa shape index (κ1) is 12.5. The highest BCUT2D eigenvalue weighted by molar-refractivity contribution is 4.85. The molecule has 0 spiro atoms. The summed E-state index contributed by atoms with van der Waals surface area (Å²) < 4.78 is 0. The maximum atomic E-state index is 9.37. The Morgan fingerprint density at radius 1 is 1.27 bits per heavy atom. The first-order chi connectivity index (χ1) is 7.33. The third kappa shape index (κ3) is 4.19. The SMILES string of the molecule is N#CCCCCNCC1(CO)CCCC1. The highest BCUT2D eigenvalue weighted by atomic mass is 16.3. The standard InChI is InChI=1S/C12H22N2O/c13-8-4-1-5-9-14-10-12(11-15)6-2-3-7-12/h14-15H,1-7,9-11H2. The Bertz CT molecular complexity index is 204. The summed E-state index contributed by atoms with van der Waals surface area (Å²) in [5.41, 5.74) is 0.162. The largest absolute Gasteiger partial charge is 0.396 e. The normalized spacial score (nSPS) is 18.9. The molecule has 1 aliphatic rings. The van der Waals surface area contributed by atoms with E-state index in [4.69, 9.17) is 5.26 Å². The Hall–Kier alpha value is -0.590. The van der Waals surface area contributed by atoms with Gasteiger partial charge in [-0.3, -0.25) is 0 Å². The predicted octanol–water partition coefficient (Wildman–Crippen LogP) is 1.82. The number of hydrogen-bond donors (Lipinski definition) is 2. The van der Waals surface area contributed by atoms with Crippen LogP contribution in [-0.4, -0.2) is 24.8 Å². The van der Waals surface area contributed by atoms with E-state index in [0.29, 0.717) is 13.0 Å². The molecule has 1 fully saturated rings. The molecule has 0 aromatic rings. The minimum Gasteiger partial charge on any atom is -0.396 e. The van der Waals surface area contributed by atoms with Gasteiger partial charge in [0, 0.05) is 25.0 Å². The van der Waals surface area contributed by atoms with Gasteiger partial charge in [-0.05, 0) is 32.2 Å². The van der Waals surface area contributed by atoms with E-state index in [0.717, 1.165) is 38.8 Å². The van der Waals surface area contributed by atoms with Crippen LogP contribution >= 0.6 is 0 Å². The zero-order valence-electron chi connectivity index (χ0n) is 9.47. The number of rotatable bonds is 7. The van der Waals surface area contributed by atoms with Crippen molar-refractivity contribution in [1.29, 1.82) is 5.26 Å². The number of unbranched alkanes of at least 4 members (excludes halogenated alkanes) is 2. The van der Waals surface area contributed by atoms with E-state index in [9.17, 15) is 5.11 Å². The zero-order valence-corrected chi connectivity index (χ0v) is 9.47. The summed E-state index contributed by atoms with van der Waals surface area (Å²) in [5, 5.41) is 21.2. The fourth-order valence-electron chi connectivity index (χ4n) is 2.32. The molecule has 0 radical (unpaired) electrons. The van der Waals surface area contributed by atoms with Gasteiger partial charge in [0.2, 0.25) is 0 Å². The van der Waals surface area contributed by atoms with Gasteiger partial charge in [0.15, 0.2) is 0 Å². The highest BCUT2D eigenvalue weighted by Gasteiger charge is 2.32. The van der Waals surface area contributed by atoms with Crippen LogP contribution in [0.2, 0.25) is 0 Å². The maximum absolute atomic E-state index is 9.37. The Morgan fingerprint density at radius 3 is 2.60 bits per heavy atom. The number of hydrogen-bond acceptors (Lipinski definition) is 3. The molecule has 1 saturated carbocycles. The second kappa shape index (κ2) is 6.81. The summed E-state index contributed by atoms with van der Waals surface area (Å²) in [6, 6.07) is 2.15. The van der Waals surface area contributed by atoms with E-state index in [-0.39, 0.29) is 5.41 Å². The Labute approximate surface area is 92.5 Å². The Balaban J connectivity index is 2.05. The van der Waals surface area contributed by atoms with Crippen molar-refractivity contribution in [2.45, 2.75) is 44.9 Å². The molecule has 0 amide bonds. The van der Waals surface area contributed by atoms with E-state index in [1.165, 1.54) is 12.8 Å². The molecular weight excluding hydrogens is 188 g/mol. The first-order valence-corrected chi connectivity index (χ1v) is 6.01. The van der Waals surface area contributed by atoms with Crippen molar-refractivity contribution in [3.05, 3.63) is 0 Å². The first-order valence-electron chi connectivity index (χ1n) is 6.01. The van der Waals surface area contributed by atoms with Gasteiger partial charge in [0.25, 0.3) is 0 Å². The summed E-state index contributed by atoms with van der Waals surface area (Å²) in [5.74, 6) is 0. The van der Waals surface area contributed by atoms with Gasteiger partial charge in [-0.2, -0.15) is 5.26 Å². The lowest BCUT2D eigenvalue weighted by Crippen LogP contribution is -2.35. The Morgan fingerprint density at radius 2 is 2.00 bits per heavy atom. The van der Waals surface area contributed by atoms with Gasteiger partial charge in [0.1, 0.15) is 0 Å². The lowest BCUT2D eigenvalue weighted by molar-refractivity contribution is 0.128. The molecule has 0 aromatic heterocycles. The molecule has 3 heteroatoms. The van der Waals surface area contributed by atoms with E-state index >= 15 is 0 Å². The molecular formula is C12H22N2O. The van der Waals surface area contributed by atoms with E-state index in [1.54, 1.807) is 0 Å². The van der Waals surface area contributed by atoms with Crippen LogP contribution in [-0.2, 0) is 0 Å². The summed E-state index contributed by atoms with van der Waals surface area (Å²) in [6.45, 7) is 2.23. The van der Waals surface area contributed by atoms with Crippen molar-refractivity contribution in [1.82, 2.24) is 5.32 Å². The summed E-state index contributed by atoms with van der Waals surface area (Å²) in [6.07, 6.45) is 7.55. The van der Waals surface area contributed by atoms with Crippen molar-refractivity contribution in [3.63, 3.8) is 0 Å². The van der Waals surface area contributed by atoms with Crippen molar-refractivity contribution >= 4 is 0 Å². The van der Waals surface area contributed by atoms with Gasteiger partial charge in [0.05, 0.1) is 6.07 Å².